The van der Waals surface area contributed by atoms with Crippen LogP contribution in [0.3, 0.4) is 0 Å². The Kier molecular flexibility index (Phi) is 4.63. The normalized spacial score (nSPS) is 18.4. The van der Waals surface area contributed by atoms with Crippen LogP contribution in [0.4, 0.5) is 0 Å². The van der Waals surface area contributed by atoms with E-state index in [0.29, 0.717) is 11.1 Å². The number of fused-ring (bicyclic) bond motifs is 1. The van der Waals surface area contributed by atoms with E-state index in [-0.39, 0.29) is 0 Å². The highest BCUT2D eigenvalue weighted by atomic mass is 32.2. The number of morpholine rings is 1. The second-order valence-electron chi connectivity index (χ2n) is 7.23. The Morgan fingerprint density at radius 2 is 1.96 bits per heavy atom. The van der Waals surface area contributed by atoms with Crippen LogP contribution in [-0.4, -0.2) is 46.5 Å². The number of nitrogens with zero attached hydrogens (tertiary/aromatic N) is 4. The van der Waals surface area contributed by atoms with Crippen molar-refractivity contribution in [3.8, 4) is 0 Å². The molecule has 7 nitrogen and oxygen atoms in total. The summed E-state index contributed by atoms with van der Waals surface area (Å²) in [5.41, 5.74) is 1.24. The summed E-state index contributed by atoms with van der Waals surface area (Å²) in [5.74, 6) is 2.10. The van der Waals surface area contributed by atoms with Crippen molar-refractivity contribution in [2.24, 2.45) is 0 Å². The topological polar surface area (TPSA) is 78.4 Å². The fraction of sp³-hybridized carbons (Fsp3) is 0.556. The predicted octanol–water partition coefficient (Wildman–Crippen LogP) is 2.13. The van der Waals surface area contributed by atoms with Crippen LogP contribution in [0.5, 0.6) is 0 Å². The predicted molar refractivity (Wildman–Crippen MR) is 103 cm³/mol. The van der Waals surface area contributed by atoms with Crippen molar-refractivity contribution in [2.75, 3.05) is 26.3 Å². The SMILES string of the molecule is Cc1sc2nc(C[NH+]3CCOCC3)nc(Sc3nnc(C4CC4)o3)c2c1C. The molecule has 0 bridgehead atoms. The van der Waals surface area contributed by atoms with E-state index in [1.54, 1.807) is 11.3 Å². The number of thiophene rings is 1. The number of nitrogens with one attached hydrogen (secondary N) is 1. The van der Waals surface area contributed by atoms with E-state index in [9.17, 15) is 0 Å². The lowest BCUT2D eigenvalue weighted by Crippen LogP contribution is -3.12. The summed E-state index contributed by atoms with van der Waals surface area (Å²) in [7, 11) is 0. The van der Waals surface area contributed by atoms with Crippen LogP contribution in [0.1, 0.15) is 40.9 Å². The van der Waals surface area contributed by atoms with E-state index in [1.165, 1.54) is 27.1 Å². The van der Waals surface area contributed by atoms with E-state index < -0.39 is 0 Å². The monoisotopic (exact) mass is 404 g/mol. The van der Waals surface area contributed by atoms with Gasteiger partial charge in [0.1, 0.15) is 29.5 Å². The molecule has 1 saturated carbocycles. The first-order valence-electron chi connectivity index (χ1n) is 9.36. The minimum absolute atomic E-state index is 0.461. The van der Waals surface area contributed by atoms with Gasteiger partial charge in [0.05, 0.1) is 13.2 Å². The van der Waals surface area contributed by atoms with E-state index >= 15 is 0 Å². The van der Waals surface area contributed by atoms with Crippen molar-refractivity contribution < 1.29 is 14.1 Å². The maximum Gasteiger partial charge on any atom is 0.282 e. The van der Waals surface area contributed by atoms with Gasteiger partial charge >= 0.3 is 0 Å². The molecule has 1 N–H and O–H groups in total. The Bertz CT molecular complexity index is 976. The number of ether oxygens (including phenoxy) is 1. The van der Waals surface area contributed by atoms with E-state index in [4.69, 9.17) is 19.1 Å². The van der Waals surface area contributed by atoms with Gasteiger partial charge in [-0.25, -0.2) is 9.97 Å². The fourth-order valence-electron chi connectivity index (χ4n) is 3.31. The molecule has 0 aromatic carbocycles. The zero-order valence-corrected chi connectivity index (χ0v) is 17.1. The standard InChI is InChI=1S/C18H21N5O2S2/c1-10-11(2)26-16-14(10)17(27-18-22-21-15(25-18)12-3-4-12)20-13(19-16)9-23-5-7-24-8-6-23/h12H,3-9H2,1-2H3/p+1. The van der Waals surface area contributed by atoms with E-state index in [1.807, 2.05) is 0 Å². The molecule has 0 amide bonds. The van der Waals surface area contributed by atoms with Crippen molar-refractivity contribution in [3.63, 3.8) is 0 Å². The molecule has 5 rings (SSSR count). The molecular formula is C18H22N5O2S2+. The molecular weight excluding hydrogens is 382 g/mol. The highest BCUT2D eigenvalue weighted by Crippen LogP contribution is 2.42. The number of aryl methyl sites for hydroxylation is 2. The summed E-state index contributed by atoms with van der Waals surface area (Å²) >= 11 is 3.20. The first-order chi connectivity index (χ1) is 13.2. The van der Waals surface area contributed by atoms with Gasteiger partial charge in [-0.2, -0.15) is 0 Å². The lowest BCUT2D eigenvalue weighted by molar-refractivity contribution is -0.922. The molecule has 0 radical (unpaired) electrons. The molecule has 0 spiro atoms. The Morgan fingerprint density at radius 3 is 2.74 bits per heavy atom. The highest BCUT2D eigenvalue weighted by Gasteiger charge is 2.30. The molecule has 1 aliphatic carbocycles. The molecule has 2 fully saturated rings. The minimum atomic E-state index is 0.461. The molecule has 0 unspecified atom stereocenters. The van der Waals surface area contributed by atoms with Crippen molar-refractivity contribution >= 4 is 33.3 Å². The van der Waals surface area contributed by atoms with Gasteiger partial charge in [-0.3, -0.25) is 0 Å². The van der Waals surface area contributed by atoms with Crippen LogP contribution in [-0.2, 0) is 11.3 Å². The van der Waals surface area contributed by atoms with Gasteiger partial charge in [0.25, 0.3) is 5.22 Å². The van der Waals surface area contributed by atoms with Gasteiger partial charge in [-0.15, -0.1) is 21.5 Å². The highest BCUT2D eigenvalue weighted by molar-refractivity contribution is 7.99. The third-order valence-corrected chi connectivity index (χ3v) is 7.11. The summed E-state index contributed by atoms with van der Waals surface area (Å²) in [5, 5.41) is 11.1. The van der Waals surface area contributed by atoms with Crippen molar-refractivity contribution in [1.82, 2.24) is 20.2 Å². The van der Waals surface area contributed by atoms with Crippen LogP contribution in [0.2, 0.25) is 0 Å². The van der Waals surface area contributed by atoms with Crippen LogP contribution in [0.15, 0.2) is 14.7 Å². The average Bonchev–Trinajstić information content (AvgIpc) is 3.34. The molecule has 1 saturated heterocycles. The zero-order chi connectivity index (χ0) is 18.4. The number of hydrogen-bond donors (Lipinski definition) is 1. The lowest BCUT2D eigenvalue weighted by Gasteiger charge is -2.23. The van der Waals surface area contributed by atoms with Gasteiger partial charge in [-0.05, 0) is 44.0 Å². The quantitative estimate of drug-likeness (QED) is 0.653. The number of hydrogen-bond acceptors (Lipinski definition) is 8. The average molecular weight is 405 g/mol. The first kappa shape index (κ1) is 17.5. The van der Waals surface area contributed by atoms with Gasteiger partial charge in [-0.1, -0.05) is 0 Å². The maximum absolute atomic E-state index is 5.86. The molecule has 0 atom stereocenters. The fourth-order valence-corrected chi connectivity index (χ4v) is 5.30. The second kappa shape index (κ2) is 7.12. The van der Waals surface area contributed by atoms with Gasteiger partial charge in [0.2, 0.25) is 5.89 Å². The van der Waals surface area contributed by atoms with Gasteiger partial charge in [0, 0.05) is 16.2 Å². The molecule has 4 heterocycles. The maximum atomic E-state index is 5.86. The summed E-state index contributed by atoms with van der Waals surface area (Å²) in [6, 6.07) is 0. The number of quaternary nitrogens is 1. The number of rotatable bonds is 5. The summed E-state index contributed by atoms with van der Waals surface area (Å²) < 4.78 is 11.3. The molecule has 9 heteroatoms. The van der Waals surface area contributed by atoms with Gasteiger partial charge in [0.15, 0.2) is 5.82 Å². The largest absolute Gasteiger partial charge is 0.415 e. The second-order valence-corrected chi connectivity index (χ2v) is 9.37. The third-order valence-electron chi connectivity index (χ3n) is 5.18. The minimum Gasteiger partial charge on any atom is -0.415 e. The molecule has 2 aliphatic rings. The zero-order valence-electron chi connectivity index (χ0n) is 15.4. The van der Waals surface area contributed by atoms with Crippen LogP contribution in [0.25, 0.3) is 10.2 Å². The van der Waals surface area contributed by atoms with E-state index in [2.05, 4.69) is 24.0 Å². The van der Waals surface area contributed by atoms with Gasteiger partial charge < -0.3 is 14.1 Å². The van der Waals surface area contributed by atoms with Crippen LogP contribution >= 0.6 is 23.1 Å². The summed E-state index contributed by atoms with van der Waals surface area (Å²) in [6.45, 7) is 8.71. The first-order valence-corrected chi connectivity index (χ1v) is 11.0. The smallest absolute Gasteiger partial charge is 0.282 e. The van der Waals surface area contributed by atoms with Crippen LogP contribution in [0, 0.1) is 13.8 Å². The summed E-state index contributed by atoms with van der Waals surface area (Å²) in [4.78, 5) is 13.6. The molecule has 1 aliphatic heterocycles. The third kappa shape index (κ3) is 3.61. The Morgan fingerprint density at radius 1 is 1.15 bits per heavy atom. The Labute approximate surface area is 165 Å². The molecule has 3 aromatic rings. The molecule has 3 aromatic heterocycles. The lowest BCUT2D eigenvalue weighted by atomic mass is 10.2. The van der Waals surface area contributed by atoms with Crippen molar-refractivity contribution in [2.45, 2.75) is 49.4 Å². The molecule has 142 valence electrons. The Hall–Kier alpha value is -1.55. The molecule has 27 heavy (non-hydrogen) atoms. The number of aromatic nitrogens is 4. The van der Waals surface area contributed by atoms with E-state index in [0.717, 1.165) is 72.6 Å². The van der Waals surface area contributed by atoms with Crippen molar-refractivity contribution in [3.05, 3.63) is 22.2 Å². The Balaban J connectivity index is 1.49. The van der Waals surface area contributed by atoms with Crippen molar-refractivity contribution in [1.29, 1.82) is 0 Å². The summed E-state index contributed by atoms with van der Waals surface area (Å²) in [6.07, 6.45) is 2.30. The van der Waals surface area contributed by atoms with Crippen LogP contribution < -0.4 is 4.90 Å².